The van der Waals surface area contributed by atoms with Gasteiger partial charge in [-0.1, -0.05) is 54.6 Å². The van der Waals surface area contributed by atoms with Crippen LogP contribution in [0.4, 0.5) is 4.79 Å². The zero-order valence-electron chi connectivity index (χ0n) is 12.9. The van der Waals surface area contributed by atoms with Crippen LogP contribution >= 0.6 is 0 Å². The second-order valence-electron chi connectivity index (χ2n) is 6.15. The molecule has 23 heavy (non-hydrogen) atoms. The summed E-state index contributed by atoms with van der Waals surface area (Å²) in [6, 6.07) is 20.1. The molecule has 3 nitrogen and oxygen atoms in total. The number of fused-ring (bicyclic) bond motifs is 2. The minimum atomic E-state index is -0.230. The summed E-state index contributed by atoms with van der Waals surface area (Å²) in [5, 5.41) is 0. The third kappa shape index (κ3) is 2.74. The van der Waals surface area contributed by atoms with E-state index < -0.39 is 0 Å². The molecule has 116 valence electrons. The van der Waals surface area contributed by atoms with E-state index in [1.165, 1.54) is 11.1 Å². The summed E-state index contributed by atoms with van der Waals surface area (Å²) in [4.78, 5) is 14.5. The molecular weight excluding hydrogens is 286 g/mol. The van der Waals surface area contributed by atoms with Gasteiger partial charge in [-0.2, -0.15) is 0 Å². The number of carbonyl (C=O) groups is 1. The number of para-hydroxylation sites is 1. The first kappa shape index (κ1) is 14.1. The minimum Gasteiger partial charge on any atom is -0.410 e. The zero-order valence-corrected chi connectivity index (χ0v) is 12.9. The van der Waals surface area contributed by atoms with Crippen LogP contribution in [0.3, 0.4) is 0 Å². The number of nitrogens with zero attached hydrogens (tertiary/aromatic N) is 1. The van der Waals surface area contributed by atoms with Crippen molar-refractivity contribution in [3.63, 3.8) is 0 Å². The van der Waals surface area contributed by atoms with Crippen molar-refractivity contribution in [2.45, 2.75) is 31.3 Å². The Morgan fingerprint density at radius 2 is 1.65 bits per heavy atom. The predicted molar refractivity (Wildman–Crippen MR) is 90.2 cm³/mol. The molecule has 2 aromatic rings. The third-order valence-corrected chi connectivity index (χ3v) is 4.70. The van der Waals surface area contributed by atoms with Crippen LogP contribution in [0.1, 0.15) is 24.8 Å². The van der Waals surface area contributed by atoms with E-state index in [1.54, 1.807) is 0 Å². The van der Waals surface area contributed by atoms with Crippen LogP contribution < -0.4 is 4.74 Å². The van der Waals surface area contributed by atoms with Gasteiger partial charge in [-0.15, -0.1) is 0 Å². The Balaban J connectivity index is 1.54. The summed E-state index contributed by atoms with van der Waals surface area (Å²) >= 11 is 0. The molecule has 0 spiro atoms. The lowest BCUT2D eigenvalue weighted by Crippen LogP contribution is -2.44. The molecular formula is C20H19NO2. The highest BCUT2D eigenvalue weighted by atomic mass is 16.6. The number of amides is 1. The van der Waals surface area contributed by atoms with Gasteiger partial charge in [0.25, 0.3) is 0 Å². The van der Waals surface area contributed by atoms with Gasteiger partial charge in [0.15, 0.2) is 0 Å². The van der Waals surface area contributed by atoms with Crippen LogP contribution in [0.2, 0.25) is 0 Å². The lowest BCUT2D eigenvalue weighted by atomic mass is 9.95. The number of hydrogen-bond acceptors (Lipinski definition) is 2. The Labute approximate surface area is 136 Å². The van der Waals surface area contributed by atoms with Gasteiger partial charge in [0.1, 0.15) is 5.75 Å². The molecule has 0 N–H and O–H groups in total. The summed E-state index contributed by atoms with van der Waals surface area (Å²) in [6.07, 6.45) is 4.98. The molecule has 0 unspecified atom stereocenters. The van der Waals surface area contributed by atoms with Crippen molar-refractivity contribution < 1.29 is 9.53 Å². The predicted octanol–water partition coefficient (Wildman–Crippen LogP) is 4.51. The largest absolute Gasteiger partial charge is 0.415 e. The Hall–Kier alpha value is -2.55. The monoisotopic (exact) mass is 305 g/mol. The Kier molecular flexibility index (Phi) is 3.62. The first-order valence-electron chi connectivity index (χ1n) is 8.12. The van der Waals surface area contributed by atoms with Crippen LogP contribution in [-0.2, 0) is 0 Å². The van der Waals surface area contributed by atoms with Crippen LogP contribution in [0.15, 0.2) is 66.7 Å². The maximum atomic E-state index is 12.5. The molecule has 3 heteroatoms. The smallest absolute Gasteiger partial charge is 0.410 e. The van der Waals surface area contributed by atoms with Crippen LogP contribution in [0.25, 0.3) is 5.57 Å². The second-order valence-corrected chi connectivity index (χ2v) is 6.15. The SMILES string of the molecule is O=C(Oc1ccccc1)N1[C@H]2CC[C@H]1C=C(c1ccccc1)C2. The molecule has 2 atom stereocenters. The highest BCUT2D eigenvalue weighted by molar-refractivity contribution is 5.76. The van der Waals surface area contributed by atoms with Gasteiger partial charge in [-0.05, 0) is 42.5 Å². The molecule has 1 saturated heterocycles. The highest BCUT2D eigenvalue weighted by Gasteiger charge is 2.40. The topological polar surface area (TPSA) is 29.5 Å². The Morgan fingerprint density at radius 1 is 0.957 bits per heavy atom. The maximum absolute atomic E-state index is 12.5. The van der Waals surface area contributed by atoms with Crippen molar-refractivity contribution in [2.24, 2.45) is 0 Å². The summed E-state index contributed by atoms with van der Waals surface area (Å²) in [5.41, 5.74) is 2.61. The second kappa shape index (κ2) is 5.92. The van der Waals surface area contributed by atoms with Crippen LogP contribution in [0, 0.1) is 0 Å². The van der Waals surface area contributed by atoms with Crippen molar-refractivity contribution in [1.29, 1.82) is 0 Å². The van der Waals surface area contributed by atoms with E-state index >= 15 is 0 Å². The molecule has 2 bridgehead atoms. The standard InChI is InChI=1S/C20H19NO2/c22-20(23-19-9-5-2-6-10-19)21-17-11-12-18(21)14-16(13-17)15-7-3-1-4-8-15/h1-10,13,17-18H,11-12,14H2/t17-,18-/m0/s1. The van der Waals surface area contributed by atoms with Crippen molar-refractivity contribution in [3.8, 4) is 5.75 Å². The molecule has 0 radical (unpaired) electrons. The van der Waals surface area contributed by atoms with Crippen molar-refractivity contribution >= 4 is 11.7 Å². The van der Waals surface area contributed by atoms with Gasteiger partial charge < -0.3 is 4.74 Å². The highest BCUT2D eigenvalue weighted by Crippen LogP contribution is 2.38. The fourth-order valence-electron chi connectivity index (χ4n) is 3.62. The first-order valence-corrected chi connectivity index (χ1v) is 8.12. The molecule has 4 rings (SSSR count). The average Bonchev–Trinajstić information content (AvgIpc) is 2.87. The van der Waals surface area contributed by atoms with Gasteiger partial charge in [-0.3, -0.25) is 4.90 Å². The quantitative estimate of drug-likeness (QED) is 0.817. The van der Waals surface area contributed by atoms with E-state index in [0.717, 1.165) is 19.3 Å². The van der Waals surface area contributed by atoms with Gasteiger partial charge in [0.05, 0.1) is 6.04 Å². The zero-order chi connectivity index (χ0) is 15.6. The number of ether oxygens (including phenoxy) is 1. The van der Waals surface area contributed by atoms with Crippen molar-refractivity contribution in [1.82, 2.24) is 4.90 Å². The first-order chi connectivity index (χ1) is 11.3. The fourth-order valence-corrected chi connectivity index (χ4v) is 3.62. The minimum absolute atomic E-state index is 0.153. The van der Waals surface area contributed by atoms with E-state index in [-0.39, 0.29) is 18.2 Å². The summed E-state index contributed by atoms with van der Waals surface area (Å²) in [7, 11) is 0. The van der Waals surface area contributed by atoms with Crippen LogP contribution in [-0.4, -0.2) is 23.1 Å². The Bertz CT molecular complexity index is 724. The lowest BCUT2D eigenvalue weighted by molar-refractivity contribution is 0.135. The van der Waals surface area contributed by atoms with E-state index in [1.807, 2.05) is 41.3 Å². The number of benzene rings is 2. The molecule has 0 aliphatic carbocycles. The molecule has 1 fully saturated rings. The molecule has 2 aliphatic rings. The summed E-state index contributed by atoms with van der Waals surface area (Å²) < 4.78 is 5.53. The van der Waals surface area contributed by atoms with Crippen molar-refractivity contribution in [3.05, 3.63) is 72.3 Å². The summed E-state index contributed by atoms with van der Waals surface area (Å²) in [6.45, 7) is 0. The molecule has 1 amide bonds. The third-order valence-electron chi connectivity index (χ3n) is 4.70. The Morgan fingerprint density at radius 3 is 2.35 bits per heavy atom. The molecule has 0 aromatic heterocycles. The van der Waals surface area contributed by atoms with Gasteiger partial charge in [-0.25, -0.2) is 4.79 Å². The van der Waals surface area contributed by atoms with E-state index in [0.29, 0.717) is 5.75 Å². The summed E-state index contributed by atoms with van der Waals surface area (Å²) in [5.74, 6) is 0.606. The molecule has 2 aromatic carbocycles. The normalized spacial score (nSPS) is 22.6. The van der Waals surface area contributed by atoms with Gasteiger partial charge in [0, 0.05) is 6.04 Å². The number of carbonyl (C=O) groups excluding carboxylic acids is 1. The van der Waals surface area contributed by atoms with Gasteiger partial charge in [0.2, 0.25) is 0 Å². The van der Waals surface area contributed by atoms with Gasteiger partial charge >= 0.3 is 6.09 Å². The fraction of sp³-hybridized carbons (Fsp3) is 0.250. The number of hydrogen-bond donors (Lipinski definition) is 0. The molecule has 0 saturated carbocycles. The van der Waals surface area contributed by atoms with E-state index in [4.69, 9.17) is 4.74 Å². The number of rotatable bonds is 2. The maximum Gasteiger partial charge on any atom is 0.415 e. The average molecular weight is 305 g/mol. The van der Waals surface area contributed by atoms with Crippen molar-refractivity contribution in [2.75, 3.05) is 0 Å². The lowest BCUT2D eigenvalue weighted by Gasteiger charge is -2.33. The van der Waals surface area contributed by atoms with E-state index in [2.05, 4.69) is 30.3 Å². The molecule has 2 aliphatic heterocycles. The van der Waals surface area contributed by atoms with E-state index in [9.17, 15) is 4.79 Å². The molecule has 2 heterocycles. The van der Waals surface area contributed by atoms with Crippen LogP contribution in [0.5, 0.6) is 5.75 Å².